The van der Waals surface area contributed by atoms with Crippen molar-refractivity contribution >= 4 is 23.3 Å². The lowest BCUT2D eigenvalue weighted by molar-refractivity contribution is 0.0302. The van der Waals surface area contributed by atoms with Gasteiger partial charge < -0.3 is 15.0 Å². The third-order valence-electron chi connectivity index (χ3n) is 4.88. The number of anilines is 1. The zero-order valence-corrected chi connectivity index (χ0v) is 14.9. The Morgan fingerprint density at radius 2 is 2.12 bits per heavy atom. The Labute approximate surface area is 156 Å². The first-order chi connectivity index (χ1) is 12.6. The summed E-state index contributed by atoms with van der Waals surface area (Å²) in [4.78, 5) is 18.6. The van der Waals surface area contributed by atoms with Crippen molar-refractivity contribution in [3.05, 3.63) is 58.0 Å². The fraction of sp³-hybridized carbons (Fsp3) is 0.368. The summed E-state index contributed by atoms with van der Waals surface area (Å²) in [6.07, 6.45) is 3.28. The van der Waals surface area contributed by atoms with E-state index in [1.165, 1.54) is 12.3 Å². The number of nitrogens with one attached hydrogen (secondary N) is 1. The minimum absolute atomic E-state index is 0.0357. The molecule has 136 valence electrons. The normalized spacial score (nSPS) is 19.3. The van der Waals surface area contributed by atoms with Gasteiger partial charge in [0.2, 0.25) is 0 Å². The van der Waals surface area contributed by atoms with Crippen LogP contribution in [0.4, 0.5) is 10.2 Å². The highest BCUT2D eigenvalue weighted by atomic mass is 35.5. The van der Waals surface area contributed by atoms with Crippen molar-refractivity contribution in [1.29, 1.82) is 0 Å². The molecule has 0 spiro atoms. The maximum absolute atomic E-state index is 13.6. The summed E-state index contributed by atoms with van der Waals surface area (Å²) in [5.41, 5.74) is 2.54. The zero-order valence-electron chi connectivity index (χ0n) is 14.2. The number of nitrogens with zero attached hydrogens (tertiary/aromatic N) is 2. The lowest BCUT2D eigenvalue weighted by Gasteiger charge is -2.27. The van der Waals surface area contributed by atoms with Gasteiger partial charge in [-0.15, -0.1) is 0 Å². The summed E-state index contributed by atoms with van der Waals surface area (Å²) in [6, 6.07) is 6.47. The molecule has 1 saturated heterocycles. The molecule has 1 fully saturated rings. The average molecular weight is 376 g/mol. The second-order valence-electron chi connectivity index (χ2n) is 6.54. The van der Waals surface area contributed by atoms with Gasteiger partial charge in [0.1, 0.15) is 11.6 Å². The van der Waals surface area contributed by atoms with Crippen LogP contribution in [0, 0.1) is 5.82 Å². The molecule has 1 aromatic heterocycles. The highest BCUT2D eigenvalue weighted by molar-refractivity contribution is 6.33. The van der Waals surface area contributed by atoms with Crippen LogP contribution in [0.15, 0.2) is 30.5 Å². The van der Waals surface area contributed by atoms with Crippen LogP contribution < -0.4 is 5.32 Å². The number of hydrogen-bond donors (Lipinski definition) is 1. The number of aromatic nitrogens is 1. The van der Waals surface area contributed by atoms with Crippen LogP contribution in [0.1, 0.15) is 33.9 Å². The molecule has 1 aliphatic carbocycles. The number of morpholine rings is 1. The van der Waals surface area contributed by atoms with E-state index >= 15 is 0 Å². The lowest BCUT2D eigenvalue weighted by atomic mass is 10.1. The van der Waals surface area contributed by atoms with Gasteiger partial charge in [-0.2, -0.15) is 0 Å². The van der Waals surface area contributed by atoms with E-state index in [2.05, 4.69) is 10.3 Å². The number of halogens is 2. The monoisotopic (exact) mass is 375 g/mol. The Bertz CT molecular complexity index is 840. The Morgan fingerprint density at radius 3 is 2.88 bits per heavy atom. The average Bonchev–Trinajstić information content (AvgIpc) is 3.05. The highest BCUT2D eigenvalue weighted by Crippen LogP contribution is 2.35. The minimum Gasteiger partial charge on any atom is -0.378 e. The number of benzene rings is 1. The smallest absolute Gasteiger partial charge is 0.255 e. The number of fused-ring (bicyclic) bond motifs is 1. The third kappa shape index (κ3) is 3.39. The van der Waals surface area contributed by atoms with Crippen LogP contribution in [-0.2, 0) is 11.2 Å². The lowest BCUT2D eigenvalue weighted by Crippen LogP contribution is -2.40. The Balaban J connectivity index is 1.51. The van der Waals surface area contributed by atoms with E-state index < -0.39 is 0 Å². The maximum Gasteiger partial charge on any atom is 0.255 e. The Kier molecular flexibility index (Phi) is 4.78. The van der Waals surface area contributed by atoms with Gasteiger partial charge in [0.25, 0.3) is 5.91 Å². The van der Waals surface area contributed by atoms with Gasteiger partial charge >= 0.3 is 0 Å². The van der Waals surface area contributed by atoms with E-state index in [1.54, 1.807) is 17.0 Å². The molecule has 0 radical (unpaired) electrons. The first-order valence-electron chi connectivity index (χ1n) is 8.69. The van der Waals surface area contributed by atoms with Gasteiger partial charge in [-0.3, -0.25) is 4.79 Å². The molecule has 1 atom stereocenters. The Hall–Kier alpha value is -2.18. The SMILES string of the molecule is O=C(c1cnc(NC2CCc3ccc(F)cc32)c(Cl)c1)N1CCOCC1. The number of amides is 1. The predicted octanol–water partition coefficient (Wildman–Crippen LogP) is 3.45. The molecule has 5 nitrogen and oxygen atoms in total. The molecule has 0 bridgehead atoms. The topological polar surface area (TPSA) is 54.5 Å². The summed E-state index contributed by atoms with van der Waals surface area (Å²) in [7, 11) is 0. The van der Waals surface area contributed by atoms with E-state index in [9.17, 15) is 9.18 Å². The largest absolute Gasteiger partial charge is 0.378 e. The summed E-state index contributed by atoms with van der Waals surface area (Å²) < 4.78 is 18.8. The van der Waals surface area contributed by atoms with E-state index in [-0.39, 0.29) is 17.8 Å². The number of carbonyl (C=O) groups excluding carboxylic acids is 1. The van der Waals surface area contributed by atoms with Gasteiger partial charge in [0, 0.05) is 19.3 Å². The van der Waals surface area contributed by atoms with Crippen LogP contribution >= 0.6 is 11.6 Å². The first kappa shape index (κ1) is 17.2. The minimum atomic E-state index is -0.247. The van der Waals surface area contributed by atoms with Gasteiger partial charge in [-0.05, 0) is 42.2 Å². The van der Waals surface area contributed by atoms with Crippen LogP contribution in [0.25, 0.3) is 0 Å². The quantitative estimate of drug-likeness (QED) is 0.892. The molecule has 26 heavy (non-hydrogen) atoms. The molecule has 4 rings (SSSR count). The van der Waals surface area contributed by atoms with Gasteiger partial charge in [-0.1, -0.05) is 17.7 Å². The second kappa shape index (κ2) is 7.21. The zero-order chi connectivity index (χ0) is 18.1. The number of pyridine rings is 1. The fourth-order valence-electron chi connectivity index (χ4n) is 3.50. The van der Waals surface area contributed by atoms with Crippen molar-refractivity contribution in [2.75, 3.05) is 31.6 Å². The molecular formula is C19H19ClFN3O2. The van der Waals surface area contributed by atoms with Gasteiger partial charge in [0.05, 0.1) is 29.8 Å². The van der Waals surface area contributed by atoms with E-state index in [0.717, 1.165) is 24.0 Å². The summed E-state index contributed by atoms with van der Waals surface area (Å²) in [5.74, 6) is 0.165. The van der Waals surface area contributed by atoms with Crippen molar-refractivity contribution < 1.29 is 13.9 Å². The number of aryl methyl sites for hydroxylation is 1. The second-order valence-corrected chi connectivity index (χ2v) is 6.94. The van der Waals surface area contributed by atoms with E-state index in [1.807, 2.05) is 6.07 Å². The molecule has 1 aliphatic heterocycles. The molecule has 2 aromatic rings. The molecule has 2 heterocycles. The van der Waals surface area contributed by atoms with Crippen molar-refractivity contribution in [3.8, 4) is 0 Å². The molecule has 1 unspecified atom stereocenters. The molecule has 1 aromatic carbocycles. The number of rotatable bonds is 3. The standard InChI is InChI=1S/C19H19ClFN3O2/c20-16-9-13(19(25)24-5-7-26-8-6-24)11-22-18(16)23-17-4-2-12-1-3-14(21)10-15(12)17/h1,3,9-11,17H,2,4-8H2,(H,22,23). The summed E-state index contributed by atoms with van der Waals surface area (Å²) in [6.45, 7) is 2.23. The summed E-state index contributed by atoms with van der Waals surface area (Å²) in [5, 5.41) is 3.67. The number of carbonyl (C=O) groups is 1. The van der Waals surface area contributed by atoms with Gasteiger partial charge in [-0.25, -0.2) is 9.37 Å². The molecule has 1 amide bonds. The van der Waals surface area contributed by atoms with Crippen LogP contribution in [0.3, 0.4) is 0 Å². The predicted molar refractivity (Wildman–Crippen MR) is 97.1 cm³/mol. The molecule has 2 aliphatic rings. The van der Waals surface area contributed by atoms with Crippen molar-refractivity contribution in [2.24, 2.45) is 0 Å². The van der Waals surface area contributed by atoms with E-state index in [0.29, 0.717) is 42.7 Å². The fourth-order valence-corrected chi connectivity index (χ4v) is 3.72. The summed E-state index contributed by atoms with van der Waals surface area (Å²) >= 11 is 6.35. The first-order valence-corrected chi connectivity index (χ1v) is 9.07. The van der Waals surface area contributed by atoms with Crippen molar-refractivity contribution in [3.63, 3.8) is 0 Å². The van der Waals surface area contributed by atoms with Crippen LogP contribution in [0.2, 0.25) is 5.02 Å². The maximum atomic E-state index is 13.6. The van der Waals surface area contributed by atoms with Crippen LogP contribution in [-0.4, -0.2) is 42.1 Å². The highest BCUT2D eigenvalue weighted by Gasteiger charge is 2.25. The van der Waals surface area contributed by atoms with Crippen LogP contribution in [0.5, 0.6) is 0 Å². The van der Waals surface area contributed by atoms with Gasteiger partial charge in [0.15, 0.2) is 0 Å². The molecule has 0 saturated carbocycles. The molecule has 1 N–H and O–H groups in total. The van der Waals surface area contributed by atoms with Crippen molar-refractivity contribution in [2.45, 2.75) is 18.9 Å². The Morgan fingerprint density at radius 1 is 1.31 bits per heavy atom. The molecule has 7 heteroatoms. The number of hydrogen-bond acceptors (Lipinski definition) is 4. The van der Waals surface area contributed by atoms with Crippen molar-refractivity contribution in [1.82, 2.24) is 9.88 Å². The third-order valence-corrected chi connectivity index (χ3v) is 5.17. The number of ether oxygens (including phenoxy) is 1. The van der Waals surface area contributed by atoms with E-state index in [4.69, 9.17) is 16.3 Å². The molecular weight excluding hydrogens is 357 g/mol.